The van der Waals surface area contributed by atoms with Crippen LogP contribution in [-0.2, 0) is 17.6 Å². The first kappa shape index (κ1) is 20.8. The first-order valence-electron chi connectivity index (χ1n) is 12.1. The molecule has 0 radical (unpaired) electrons. The minimum atomic E-state index is -0.356. The zero-order valence-corrected chi connectivity index (χ0v) is 19.6. The lowest BCUT2D eigenvalue weighted by Crippen LogP contribution is -2.55. The van der Waals surface area contributed by atoms with Crippen LogP contribution in [0.1, 0.15) is 67.6 Å². The normalized spacial score (nSPS) is 23.1. The number of hydrogen-bond donors (Lipinski definition) is 0. The average molecular weight is 450 g/mol. The lowest BCUT2D eigenvalue weighted by atomic mass is 9.97. The first-order valence-corrected chi connectivity index (χ1v) is 12.1. The number of morpholine rings is 1. The van der Waals surface area contributed by atoms with Gasteiger partial charge in [-0.1, -0.05) is 6.08 Å². The molecule has 0 saturated carbocycles. The van der Waals surface area contributed by atoms with Gasteiger partial charge in [-0.3, -0.25) is 9.36 Å². The predicted octanol–water partition coefficient (Wildman–Crippen LogP) is 3.95. The quantitative estimate of drug-likeness (QED) is 0.695. The zero-order valence-electron chi connectivity index (χ0n) is 19.6. The average Bonchev–Trinajstić information content (AvgIpc) is 3.45. The smallest absolute Gasteiger partial charge is 0.274 e. The number of aryl methyl sites for hydroxylation is 1. The highest BCUT2D eigenvalue weighted by Gasteiger charge is 2.39. The highest BCUT2D eigenvalue weighted by Crippen LogP contribution is 2.42. The Morgan fingerprint density at radius 1 is 1.18 bits per heavy atom. The van der Waals surface area contributed by atoms with Gasteiger partial charge >= 0.3 is 0 Å². The van der Waals surface area contributed by atoms with Gasteiger partial charge in [0.25, 0.3) is 5.91 Å². The van der Waals surface area contributed by atoms with Crippen LogP contribution in [0.2, 0.25) is 0 Å². The monoisotopic (exact) mass is 449 g/mol. The number of nitrogens with zero attached hydrogens (tertiary/aromatic N) is 3. The molecule has 4 aliphatic rings. The van der Waals surface area contributed by atoms with E-state index in [4.69, 9.17) is 19.2 Å². The molecule has 2 aromatic rings. The highest BCUT2D eigenvalue weighted by atomic mass is 16.6. The predicted molar refractivity (Wildman–Crippen MR) is 124 cm³/mol. The van der Waals surface area contributed by atoms with Crippen molar-refractivity contribution in [3.8, 4) is 17.2 Å². The number of fused-ring (bicyclic) bond motifs is 4. The second kappa shape index (κ2) is 7.62. The fourth-order valence-corrected chi connectivity index (χ4v) is 5.48. The second-order valence-corrected chi connectivity index (χ2v) is 10.2. The maximum Gasteiger partial charge on any atom is 0.274 e. The molecule has 4 heterocycles. The summed E-state index contributed by atoms with van der Waals surface area (Å²) in [5.74, 6) is 2.49. The van der Waals surface area contributed by atoms with Crippen molar-refractivity contribution in [3.63, 3.8) is 0 Å². The molecule has 0 bridgehead atoms. The van der Waals surface area contributed by atoms with Gasteiger partial charge in [0.1, 0.15) is 18.5 Å². The molecule has 1 aromatic carbocycles. The molecule has 1 fully saturated rings. The summed E-state index contributed by atoms with van der Waals surface area (Å²) in [5.41, 5.74) is 4.73. The highest BCUT2D eigenvalue weighted by molar-refractivity contribution is 5.95. The van der Waals surface area contributed by atoms with Crippen LogP contribution in [0.4, 0.5) is 0 Å². The van der Waals surface area contributed by atoms with E-state index in [1.807, 2.05) is 11.8 Å². The molecule has 1 unspecified atom stereocenters. The van der Waals surface area contributed by atoms with Crippen LogP contribution >= 0.6 is 0 Å². The fourth-order valence-electron chi connectivity index (χ4n) is 5.48. The van der Waals surface area contributed by atoms with Gasteiger partial charge in [0, 0.05) is 12.6 Å². The number of ether oxygens (including phenoxy) is 3. The van der Waals surface area contributed by atoms with Gasteiger partial charge in [0.2, 0.25) is 0 Å². The van der Waals surface area contributed by atoms with Crippen LogP contribution in [0.5, 0.6) is 11.5 Å². The van der Waals surface area contributed by atoms with Crippen LogP contribution in [0.3, 0.4) is 0 Å². The maximum absolute atomic E-state index is 13.8. The van der Waals surface area contributed by atoms with Crippen molar-refractivity contribution < 1.29 is 19.0 Å². The maximum atomic E-state index is 13.8. The molecule has 1 saturated heterocycles. The van der Waals surface area contributed by atoms with Gasteiger partial charge < -0.3 is 19.1 Å². The fraction of sp³-hybridized carbons (Fsp3) is 0.538. The van der Waals surface area contributed by atoms with Crippen LogP contribution in [0, 0.1) is 0 Å². The Balaban J connectivity index is 1.50. The largest absolute Gasteiger partial charge is 0.486 e. The summed E-state index contributed by atoms with van der Waals surface area (Å²) >= 11 is 0. The van der Waals surface area contributed by atoms with Crippen molar-refractivity contribution in [2.45, 2.75) is 64.5 Å². The van der Waals surface area contributed by atoms with Crippen molar-refractivity contribution in [2.24, 2.45) is 0 Å². The molecule has 1 amide bonds. The summed E-state index contributed by atoms with van der Waals surface area (Å²) in [6, 6.07) is 4.19. The van der Waals surface area contributed by atoms with Crippen molar-refractivity contribution in [3.05, 3.63) is 41.0 Å². The Morgan fingerprint density at radius 3 is 2.85 bits per heavy atom. The zero-order chi connectivity index (χ0) is 22.7. The van der Waals surface area contributed by atoms with E-state index in [-0.39, 0.29) is 17.6 Å². The van der Waals surface area contributed by atoms with Gasteiger partial charge in [-0.25, -0.2) is 4.98 Å². The van der Waals surface area contributed by atoms with Crippen molar-refractivity contribution >= 4 is 11.5 Å². The molecular formula is C26H31N3O4. The second-order valence-electron chi connectivity index (χ2n) is 10.2. The Kier molecular flexibility index (Phi) is 4.80. The third-order valence-electron chi connectivity index (χ3n) is 7.21. The number of aromatic nitrogens is 2. The van der Waals surface area contributed by atoms with Crippen LogP contribution in [0.15, 0.2) is 18.2 Å². The number of rotatable bonds is 2. The summed E-state index contributed by atoms with van der Waals surface area (Å²) in [4.78, 5) is 20.8. The Morgan fingerprint density at radius 2 is 2.06 bits per heavy atom. The number of allylic oxidation sites excluding steroid dienone is 2. The SMILES string of the molecule is CC1COc2cc3c(cc2O1)-n1c(C2=CCCC2)nc(C(=O)N2CCOCC2(C)C)c1CC3. The number of hydrogen-bond acceptors (Lipinski definition) is 5. The number of benzene rings is 1. The van der Waals surface area contributed by atoms with E-state index < -0.39 is 0 Å². The van der Waals surface area contributed by atoms with E-state index in [2.05, 4.69) is 36.6 Å². The first-order chi connectivity index (χ1) is 15.9. The van der Waals surface area contributed by atoms with Gasteiger partial charge in [-0.15, -0.1) is 0 Å². The van der Waals surface area contributed by atoms with E-state index in [1.54, 1.807) is 0 Å². The van der Waals surface area contributed by atoms with Crippen LogP contribution < -0.4 is 9.47 Å². The van der Waals surface area contributed by atoms with Crippen molar-refractivity contribution in [1.82, 2.24) is 14.5 Å². The minimum Gasteiger partial charge on any atom is -0.486 e. The number of imidazole rings is 1. The van der Waals surface area contributed by atoms with Crippen LogP contribution in [0.25, 0.3) is 11.3 Å². The number of carbonyl (C=O) groups excluding carboxylic acids is 1. The van der Waals surface area contributed by atoms with E-state index in [1.165, 1.54) is 11.1 Å². The molecule has 3 aliphatic heterocycles. The van der Waals surface area contributed by atoms with E-state index in [9.17, 15) is 4.79 Å². The Hall–Kier alpha value is -2.80. The molecule has 7 heteroatoms. The summed E-state index contributed by atoms with van der Waals surface area (Å²) < 4.78 is 19.9. The molecule has 0 spiro atoms. The molecule has 1 atom stereocenters. The molecule has 33 heavy (non-hydrogen) atoms. The summed E-state index contributed by atoms with van der Waals surface area (Å²) in [6.45, 7) is 8.39. The van der Waals surface area contributed by atoms with Gasteiger partial charge in [0.05, 0.1) is 30.1 Å². The third-order valence-corrected chi connectivity index (χ3v) is 7.21. The van der Waals surface area contributed by atoms with E-state index >= 15 is 0 Å². The molecule has 174 valence electrons. The summed E-state index contributed by atoms with van der Waals surface area (Å²) in [6.07, 6.45) is 7.08. The number of carbonyl (C=O) groups is 1. The molecular weight excluding hydrogens is 418 g/mol. The minimum absolute atomic E-state index is 0.00603. The third kappa shape index (κ3) is 3.36. The van der Waals surface area contributed by atoms with E-state index in [0.717, 1.165) is 60.8 Å². The summed E-state index contributed by atoms with van der Waals surface area (Å²) in [5, 5.41) is 0. The molecule has 7 nitrogen and oxygen atoms in total. The summed E-state index contributed by atoms with van der Waals surface area (Å²) in [7, 11) is 0. The van der Waals surface area contributed by atoms with Crippen molar-refractivity contribution in [2.75, 3.05) is 26.4 Å². The molecule has 0 N–H and O–H groups in total. The van der Waals surface area contributed by atoms with Crippen LogP contribution in [-0.4, -0.2) is 58.4 Å². The molecule has 1 aromatic heterocycles. The lowest BCUT2D eigenvalue weighted by Gasteiger charge is -2.41. The van der Waals surface area contributed by atoms with Crippen molar-refractivity contribution in [1.29, 1.82) is 0 Å². The van der Waals surface area contributed by atoms with E-state index in [0.29, 0.717) is 32.1 Å². The van der Waals surface area contributed by atoms with Gasteiger partial charge in [-0.05, 0) is 70.1 Å². The Bertz CT molecular complexity index is 1160. The van der Waals surface area contributed by atoms with Gasteiger partial charge in [0.15, 0.2) is 17.2 Å². The van der Waals surface area contributed by atoms with Gasteiger partial charge in [-0.2, -0.15) is 0 Å². The molecule has 1 aliphatic carbocycles. The number of amides is 1. The Labute approximate surface area is 194 Å². The lowest BCUT2D eigenvalue weighted by molar-refractivity contribution is -0.0373. The standard InChI is InChI=1S/C26H31N3O4/c1-16-14-32-21-12-18-8-9-19-23(25(30)28-10-11-31-15-26(28,2)3)27-24(17-6-4-5-7-17)29(19)20(18)13-22(21)33-16/h6,12-13,16H,4-5,7-11,14-15H2,1-3H3. The molecule has 6 rings (SSSR count). The topological polar surface area (TPSA) is 65.8 Å².